The molecule has 2 aromatic carbocycles. The molecule has 0 unspecified atom stereocenters. The third kappa shape index (κ3) is 3.95. The van der Waals surface area contributed by atoms with Gasteiger partial charge in [0, 0.05) is 23.9 Å². The van der Waals surface area contributed by atoms with E-state index in [9.17, 15) is 4.79 Å². The van der Waals surface area contributed by atoms with E-state index in [4.69, 9.17) is 0 Å². The molecule has 1 fully saturated rings. The highest BCUT2D eigenvalue weighted by atomic mass is 16.1. The number of amides is 1. The molecule has 2 heterocycles. The monoisotopic (exact) mass is 414 g/mol. The van der Waals surface area contributed by atoms with Gasteiger partial charge in [-0.05, 0) is 42.4 Å². The summed E-state index contributed by atoms with van der Waals surface area (Å²) >= 11 is 0. The molecular formula is C24H26N6O. The lowest BCUT2D eigenvalue weighted by Gasteiger charge is -2.15. The van der Waals surface area contributed by atoms with E-state index in [2.05, 4.69) is 73.0 Å². The number of benzene rings is 2. The average molecular weight is 415 g/mol. The molecule has 158 valence electrons. The first kappa shape index (κ1) is 19.5. The fourth-order valence-electron chi connectivity index (χ4n) is 4.51. The minimum atomic E-state index is 0.122. The van der Waals surface area contributed by atoms with E-state index in [0.717, 1.165) is 59.1 Å². The van der Waals surface area contributed by atoms with Crippen molar-refractivity contribution in [3.8, 4) is 22.4 Å². The molecule has 2 aromatic heterocycles. The van der Waals surface area contributed by atoms with Gasteiger partial charge in [-0.1, -0.05) is 48.5 Å². The first-order valence-electron chi connectivity index (χ1n) is 10.9. The van der Waals surface area contributed by atoms with Crippen LogP contribution in [-0.4, -0.2) is 37.6 Å². The lowest BCUT2D eigenvalue weighted by atomic mass is 10.0. The molecule has 4 aromatic rings. The van der Waals surface area contributed by atoms with E-state index in [0.29, 0.717) is 18.4 Å². The van der Waals surface area contributed by atoms with Crippen molar-refractivity contribution < 1.29 is 4.79 Å². The van der Waals surface area contributed by atoms with Crippen LogP contribution in [0, 0.1) is 5.92 Å². The third-order valence-electron chi connectivity index (χ3n) is 6.30. The zero-order chi connectivity index (χ0) is 21.2. The highest BCUT2D eigenvalue weighted by Gasteiger charge is 2.28. The van der Waals surface area contributed by atoms with Crippen LogP contribution in [0.4, 0.5) is 0 Å². The van der Waals surface area contributed by atoms with Crippen LogP contribution in [0.25, 0.3) is 33.3 Å². The fourth-order valence-corrected chi connectivity index (χ4v) is 4.51. The molecule has 0 spiro atoms. The van der Waals surface area contributed by atoms with Gasteiger partial charge >= 0.3 is 0 Å². The Labute approximate surface area is 180 Å². The number of nitrogens with zero attached hydrogens (tertiary/aromatic N) is 4. The highest BCUT2D eigenvalue weighted by molar-refractivity contribution is 5.84. The summed E-state index contributed by atoms with van der Waals surface area (Å²) in [5.74, 6) is 0.619. The van der Waals surface area contributed by atoms with Gasteiger partial charge in [0.2, 0.25) is 5.91 Å². The summed E-state index contributed by atoms with van der Waals surface area (Å²) in [4.78, 5) is 11.6. The van der Waals surface area contributed by atoms with Crippen molar-refractivity contribution >= 4 is 16.8 Å². The summed E-state index contributed by atoms with van der Waals surface area (Å²) in [7, 11) is 0. The van der Waals surface area contributed by atoms with Crippen molar-refractivity contribution in [3.05, 3.63) is 54.9 Å². The Hall–Kier alpha value is -3.48. The Kier molecular flexibility index (Phi) is 5.24. The maximum absolute atomic E-state index is 11.6. The van der Waals surface area contributed by atoms with Crippen LogP contribution in [-0.2, 0) is 4.79 Å². The molecule has 1 aliphatic rings. The predicted molar refractivity (Wildman–Crippen MR) is 120 cm³/mol. The second kappa shape index (κ2) is 8.34. The minimum absolute atomic E-state index is 0.122. The van der Waals surface area contributed by atoms with Crippen molar-refractivity contribution in [1.29, 1.82) is 0 Å². The summed E-state index contributed by atoms with van der Waals surface area (Å²) in [6.07, 6.45) is 7.39. The Morgan fingerprint density at radius 1 is 1.10 bits per heavy atom. The van der Waals surface area contributed by atoms with Crippen LogP contribution in [0.1, 0.15) is 38.6 Å². The van der Waals surface area contributed by atoms with Crippen LogP contribution in [0.15, 0.2) is 54.9 Å². The fraction of sp³-hybridized carbons (Fsp3) is 0.333. The lowest BCUT2D eigenvalue weighted by Crippen LogP contribution is -2.27. The Morgan fingerprint density at radius 3 is 2.74 bits per heavy atom. The van der Waals surface area contributed by atoms with Gasteiger partial charge in [-0.15, -0.1) is 5.10 Å². The summed E-state index contributed by atoms with van der Waals surface area (Å²) in [6, 6.07) is 15.2. The maximum atomic E-state index is 11.6. The molecule has 7 nitrogen and oxygen atoms in total. The van der Waals surface area contributed by atoms with E-state index < -0.39 is 0 Å². The number of hydrogen-bond acceptors (Lipinski definition) is 4. The van der Waals surface area contributed by atoms with E-state index >= 15 is 0 Å². The maximum Gasteiger partial charge on any atom is 0.219 e. The Balaban J connectivity index is 1.32. The van der Waals surface area contributed by atoms with Crippen LogP contribution in [0.5, 0.6) is 0 Å². The normalized spacial score (nSPS) is 18.5. The average Bonchev–Trinajstić information content (AvgIpc) is 3.57. The van der Waals surface area contributed by atoms with Gasteiger partial charge in [0.25, 0.3) is 0 Å². The number of aromatic amines is 1. The van der Waals surface area contributed by atoms with E-state index in [-0.39, 0.29) is 5.91 Å². The van der Waals surface area contributed by atoms with Crippen LogP contribution < -0.4 is 5.32 Å². The second-order valence-electron chi connectivity index (χ2n) is 8.30. The van der Waals surface area contributed by atoms with Crippen molar-refractivity contribution in [1.82, 2.24) is 30.5 Å². The number of nitrogens with one attached hydrogen (secondary N) is 2. The summed E-state index contributed by atoms with van der Waals surface area (Å²) in [5.41, 5.74) is 5.50. The second-order valence-corrected chi connectivity index (χ2v) is 8.30. The van der Waals surface area contributed by atoms with E-state index in [1.165, 1.54) is 0 Å². The molecule has 2 atom stereocenters. The zero-order valence-corrected chi connectivity index (χ0v) is 17.6. The number of carbonyl (C=O) groups excluding carboxylic acids is 1. The highest BCUT2D eigenvalue weighted by Crippen LogP contribution is 2.36. The van der Waals surface area contributed by atoms with Gasteiger partial charge in [0.1, 0.15) is 0 Å². The predicted octanol–water partition coefficient (Wildman–Crippen LogP) is 4.36. The summed E-state index contributed by atoms with van der Waals surface area (Å²) in [5, 5.41) is 19.9. The van der Waals surface area contributed by atoms with Crippen molar-refractivity contribution in [2.45, 2.75) is 38.6 Å². The molecule has 1 amide bonds. The van der Waals surface area contributed by atoms with Crippen LogP contribution in [0.2, 0.25) is 0 Å². The van der Waals surface area contributed by atoms with Gasteiger partial charge in [-0.25, -0.2) is 4.68 Å². The lowest BCUT2D eigenvalue weighted by molar-refractivity contribution is -0.120. The largest absolute Gasteiger partial charge is 0.356 e. The quantitative estimate of drug-likeness (QED) is 0.491. The molecule has 5 rings (SSSR count). The third-order valence-corrected chi connectivity index (χ3v) is 6.30. The summed E-state index contributed by atoms with van der Waals surface area (Å²) < 4.78 is 2.06. The standard InChI is InChI=1S/C24H26N6O/c1-2-24(31)25-13-16-3-10-21(11-16)30-23(15-27-29-30)18-6-4-17(5-7-18)19-8-9-20-14-26-28-22(20)12-19/h4-9,12,14-16,21H,2-3,10-11,13H2,1H3,(H,25,31)(H,26,28)/t16-,21+/m0/s1. The molecule has 7 heteroatoms. The molecule has 2 N–H and O–H groups in total. The summed E-state index contributed by atoms with van der Waals surface area (Å²) in [6.45, 7) is 2.64. The van der Waals surface area contributed by atoms with Crippen molar-refractivity contribution in [3.63, 3.8) is 0 Å². The zero-order valence-electron chi connectivity index (χ0n) is 17.6. The Morgan fingerprint density at radius 2 is 1.90 bits per heavy atom. The van der Waals surface area contributed by atoms with Gasteiger partial charge in [-0.3, -0.25) is 9.89 Å². The van der Waals surface area contributed by atoms with Crippen molar-refractivity contribution in [2.75, 3.05) is 6.54 Å². The minimum Gasteiger partial charge on any atom is -0.356 e. The van der Waals surface area contributed by atoms with Gasteiger partial charge < -0.3 is 5.32 Å². The molecule has 0 radical (unpaired) electrons. The molecule has 1 aliphatic carbocycles. The van der Waals surface area contributed by atoms with E-state index in [1.807, 2.05) is 19.3 Å². The topological polar surface area (TPSA) is 88.5 Å². The Bertz CT molecular complexity index is 1190. The molecule has 31 heavy (non-hydrogen) atoms. The number of aromatic nitrogens is 5. The molecule has 0 saturated heterocycles. The van der Waals surface area contributed by atoms with Gasteiger partial charge in [0.05, 0.1) is 29.6 Å². The van der Waals surface area contributed by atoms with Crippen LogP contribution >= 0.6 is 0 Å². The van der Waals surface area contributed by atoms with Gasteiger partial charge in [0.15, 0.2) is 0 Å². The smallest absolute Gasteiger partial charge is 0.219 e. The number of rotatable bonds is 6. The number of fused-ring (bicyclic) bond motifs is 1. The first-order chi connectivity index (χ1) is 15.2. The SMILES string of the molecule is CCC(=O)NC[C@H]1CC[C@@H](n2nncc2-c2ccc(-c3ccc4cn[nH]c4c3)cc2)C1. The van der Waals surface area contributed by atoms with Crippen molar-refractivity contribution in [2.24, 2.45) is 5.92 Å². The molecule has 0 bridgehead atoms. The van der Waals surface area contributed by atoms with Crippen LogP contribution in [0.3, 0.4) is 0 Å². The number of hydrogen-bond donors (Lipinski definition) is 2. The number of H-pyrrole nitrogens is 1. The van der Waals surface area contributed by atoms with E-state index in [1.54, 1.807) is 0 Å². The molecule has 1 saturated carbocycles. The molecule has 0 aliphatic heterocycles. The first-order valence-corrected chi connectivity index (χ1v) is 10.9. The molecular weight excluding hydrogens is 388 g/mol. The number of carbonyl (C=O) groups is 1. The van der Waals surface area contributed by atoms with Gasteiger partial charge in [-0.2, -0.15) is 5.10 Å².